The highest BCUT2D eigenvalue weighted by Gasteiger charge is 2.57. The molecule has 2 aromatic heterocycles. The Labute approximate surface area is 231 Å². The Morgan fingerprint density at radius 3 is 2.56 bits per heavy atom. The lowest BCUT2D eigenvalue weighted by molar-refractivity contribution is -0.192. The zero-order valence-corrected chi connectivity index (χ0v) is 24.0. The Morgan fingerprint density at radius 2 is 1.92 bits per heavy atom. The molecule has 0 aromatic carbocycles. The second-order valence-corrected chi connectivity index (χ2v) is 12.9. The summed E-state index contributed by atoms with van der Waals surface area (Å²) in [5.74, 6) is 0.0794. The molecular formula is C27H38F3N5O3S. The van der Waals surface area contributed by atoms with Crippen LogP contribution in [0, 0.1) is 5.92 Å². The molecule has 3 aliphatic heterocycles. The molecule has 3 aliphatic rings. The summed E-state index contributed by atoms with van der Waals surface area (Å²) in [6.45, 7) is 8.46. The third kappa shape index (κ3) is 5.61. The van der Waals surface area contributed by atoms with E-state index in [-0.39, 0.29) is 31.1 Å². The van der Waals surface area contributed by atoms with E-state index in [0.717, 1.165) is 16.2 Å². The number of hydrogen-bond donors (Lipinski definition) is 0. The van der Waals surface area contributed by atoms with Crippen LogP contribution in [0.4, 0.5) is 18.0 Å². The van der Waals surface area contributed by atoms with Crippen LogP contribution in [-0.2, 0) is 9.47 Å². The second-order valence-electron chi connectivity index (χ2n) is 12.1. The maximum Gasteiger partial charge on any atom is 0.410 e. The van der Waals surface area contributed by atoms with Crippen molar-refractivity contribution >= 4 is 23.4 Å². The largest absolute Gasteiger partial charge is 0.444 e. The Hall–Kier alpha value is -2.05. The molecule has 0 bridgehead atoms. The first-order valence-corrected chi connectivity index (χ1v) is 14.9. The third-order valence-corrected chi connectivity index (χ3v) is 9.20. The number of carbonyl (C=O) groups excluding carboxylic acids is 1. The maximum absolute atomic E-state index is 14.3. The number of likely N-dealkylation sites (tertiary alicyclic amines) is 2. The Morgan fingerprint density at radius 1 is 1.21 bits per heavy atom. The quantitative estimate of drug-likeness (QED) is 0.437. The summed E-state index contributed by atoms with van der Waals surface area (Å²) in [6.07, 6.45) is 0.360. The SMILES string of the molecule is CSc1ncnn2c([C@H]3CC(C)[C@@H](CN4C(C(F)(F)F)CCC45CCN(C(=O)OC(C)(C)C)CC5)O3)ccc12. The predicted octanol–water partition coefficient (Wildman–Crippen LogP) is 5.71. The van der Waals surface area contributed by atoms with Gasteiger partial charge < -0.3 is 14.4 Å². The maximum atomic E-state index is 14.3. The zero-order chi connectivity index (χ0) is 28.2. The third-order valence-electron chi connectivity index (χ3n) is 8.50. The van der Waals surface area contributed by atoms with Crippen molar-refractivity contribution in [3.05, 3.63) is 24.2 Å². The van der Waals surface area contributed by atoms with Crippen molar-refractivity contribution < 1.29 is 27.4 Å². The fourth-order valence-electron chi connectivity index (χ4n) is 6.50. The van der Waals surface area contributed by atoms with Crippen molar-refractivity contribution in [3.8, 4) is 0 Å². The number of halogens is 3. The van der Waals surface area contributed by atoms with Crippen LogP contribution in [-0.4, -0.2) is 85.8 Å². The minimum atomic E-state index is -4.32. The second kappa shape index (κ2) is 10.4. The number of hydrogen-bond acceptors (Lipinski definition) is 7. The number of rotatable bonds is 4. The van der Waals surface area contributed by atoms with Gasteiger partial charge in [0.05, 0.1) is 17.3 Å². The van der Waals surface area contributed by atoms with E-state index in [9.17, 15) is 18.0 Å². The van der Waals surface area contributed by atoms with Crippen LogP contribution >= 0.6 is 11.8 Å². The van der Waals surface area contributed by atoms with Gasteiger partial charge in [0.1, 0.15) is 29.1 Å². The molecule has 216 valence electrons. The summed E-state index contributed by atoms with van der Waals surface area (Å²) in [5, 5.41) is 5.28. The van der Waals surface area contributed by atoms with E-state index in [1.54, 1.807) is 9.80 Å². The predicted molar refractivity (Wildman–Crippen MR) is 142 cm³/mol. The number of aromatic nitrogens is 3. The smallest absolute Gasteiger partial charge is 0.410 e. The first-order chi connectivity index (χ1) is 18.3. The highest BCUT2D eigenvalue weighted by molar-refractivity contribution is 7.98. The van der Waals surface area contributed by atoms with Crippen LogP contribution in [0.1, 0.15) is 71.6 Å². The Balaban J connectivity index is 1.33. The summed E-state index contributed by atoms with van der Waals surface area (Å²) in [4.78, 5) is 20.2. The van der Waals surface area contributed by atoms with E-state index in [2.05, 4.69) is 17.0 Å². The number of amides is 1. The van der Waals surface area contributed by atoms with Crippen LogP contribution < -0.4 is 0 Å². The van der Waals surface area contributed by atoms with Crippen molar-refractivity contribution in [2.24, 2.45) is 5.92 Å². The van der Waals surface area contributed by atoms with Crippen molar-refractivity contribution in [2.45, 2.75) is 100 Å². The minimum absolute atomic E-state index is 0.0676. The molecule has 0 aliphatic carbocycles. The van der Waals surface area contributed by atoms with Crippen molar-refractivity contribution in [2.75, 3.05) is 25.9 Å². The summed E-state index contributed by atoms with van der Waals surface area (Å²) < 4.78 is 56.6. The molecular weight excluding hydrogens is 531 g/mol. The molecule has 0 saturated carbocycles. The molecule has 0 N–H and O–H groups in total. The first kappa shape index (κ1) is 28.5. The lowest BCUT2D eigenvalue weighted by Gasteiger charge is -2.47. The van der Waals surface area contributed by atoms with Gasteiger partial charge in [-0.3, -0.25) is 4.90 Å². The van der Waals surface area contributed by atoms with Gasteiger partial charge in [0.15, 0.2) is 0 Å². The molecule has 0 radical (unpaired) electrons. The Bertz CT molecular complexity index is 1190. The first-order valence-electron chi connectivity index (χ1n) is 13.6. The number of carbonyl (C=O) groups is 1. The van der Waals surface area contributed by atoms with Crippen LogP contribution in [0.2, 0.25) is 0 Å². The summed E-state index contributed by atoms with van der Waals surface area (Å²) >= 11 is 1.54. The standard InChI is InChI=1S/C27H38F3N5O3S/c1-17-14-20(18-6-7-19-23(39-5)31-16-32-35(18)19)37-21(17)15-34-22(27(28,29)30)8-9-26(34)10-12-33(13-11-26)24(36)38-25(2,3)4/h6-7,16-17,20-22H,8-15H2,1-5H3/t17?,20-,21-,22?/m1/s1. The lowest BCUT2D eigenvalue weighted by atomic mass is 9.84. The average molecular weight is 570 g/mol. The number of fused-ring (bicyclic) bond motifs is 1. The van der Waals surface area contributed by atoms with E-state index in [4.69, 9.17) is 9.47 Å². The van der Waals surface area contributed by atoms with Crippen molar-refractivity contribution in [1.82, 2.24) is 24.4 Å². The highest BCUT2D eigenvalue weighted by Crippen LogP contribution is 2.48. The van der Waals surface area contributed by atoms with Gasteiger partial charge in [-0.05, 0) is 77.2 Å². The van der Waals surface area contributed by atoms with Gasteiger partial charge in [0, 0.05) is 25.2 Å². The fraction of sp³-hybridized carbons (Fsp3) is 0.741. The fourth-order valence-corrected chi connectivity index (χ4v) is 7.01. The van der Waals surface area contributed by atoms with Gasteiger partial charge in [-0.25, -0.2) is 14.3 Å². The van der Waals surface area contributed by atoms with E-state index < -0.39 is 29.5 Å². The monoisotopic (exact) mass is 569 g/mol. The lowest BCUT2D eigenvalue weighted by Crippen LogP contribution is -2.59. The number of nitrogens with zero attached hydrogens (tertiary/aromatic N) is 5. The molecule has 5 rings (SSSR count). The van der Waals surface area contributed by atoms with E-state index in [1.807, 2.05) is 43.7 Å². The molecule has 4 atom stereocenters. The molecule has 3 saturated heterocycles. The van der Waals surface area contributed by atoms with Crippen molar-refractivity contribution in [3.63, 3.8) is 0 Å². The molecule has 3 fully saturated rings. The van der Waals surface area contributed by atoms with Gasteiger partial charge in [0.25, 0.3) is 0 Å². The molecule has 2 unspecified atom stereocenters. The normalized spacial score (nSPS) is 28.1. The highest BCUT2D eigenvalue weighted by atomic mass is 32.2. The van der Waals surface area contributed by atoms with Crippen LogP contribution in [0.15, 0.2) is 23.5 Å². The van der Waals surface area contributed by atoms with E-state index in [0.29, 0.717) is 38.8 Å². The molecule has 39 heavy (non-hydrogen) atoms. The van der Waals surface area contributed by atoms with Crippen LogP contribution in [0.3, 0.4) is 0 Å². The number of alkyl halides is 3. The van der Waals surface area contributed by atoms with Gasteiger partial charge in [-0.1, -0.05) is 6.92 Å². The molecule has 1 amide bonds. The van der Waals surface area contributed by atoms with Crippen molar-refractivity contribution in [1.29, 1.82) is 0 Å². The summed E-state index contributed by atoms with van der Waals surface area (Å²) in [5.41, 5.74) is 0.564. The van der Waals surface area contributed by atoms with E-state index >= 15 is 0 Å². The topological polar surface area (TPSA) is 72.2 Å². The van der Waals surface area contributed by atoms with Gasteiger partial charge >= 0.3 is 12.3 Å². The molecule has 5 heterocycles. The molecule has 12 heteroatoms. The van der Waals surface area contributed by atoms with Gasteiger partial charge in [0.2, 0.25) is 0 Å². The average Bonchev–Trinajstić information content (AvgIpc) is 3.54. The number of thioether (sulfide) groups is 1. The van der Waals surface area contributed by atoms with Crippen LogP contribution in [0.25, 0.3) is 5.52 Å². The summed E-state index contributed by atoms with van der Waals surface area (Å²) in [7, 11) is 0. The minimum Gasteiger partial charge on any atom is -0.444 e. The molecule has 8 nitrogen and oxygen atoms in total. The molecule has 1 spiro atoms. The number of ether oxygens (including phenoxy) is 2. The van der Waals surface area contributed by atoms with Gasteiger partial charge in [-0.2, -0.15) is 18.3 Å². The summed E-state index contributed by atoms with van der Waals surface area (Å²) in [6, 6.07) is 2.44. The van der Waals surface area contributed by atoms with Gasteiger partial charge in [-0.15, -0.1) is 11.8 Å². The number of piperidine rings is 1. The zero-order valence-electron chi connectivity index (χ0n) is 23.2. The van der Waals surface area contributed by atoms with E-state index in [1.165, 1.54) is 18.1 Å². The van der Waals surface area contributed by atoms with Crippen LogP contribution in [0.5, 0.6) is 0 Å². The molecule has 2 aromatic rings. The Kier molecular flexibility index (Phi) is 7.60.